The van der Waals surface area contributed by atoms with Gasteiger partial charge in [0.1, 0.15) is 12.3 Å². The smallest absolute Gasteiger partial charge is 0.137 e. The van der Waals surface area contributed by atoms with E-state index in [0.717, 1.165) is 25.0 Å². The Morgan fingerprint density at radius 1 is 1.45 bits per heavy atom. The molecule has 1 saturated carbocycles. The van der Waals surface area contributed by atoms with Crippen LogP contribution in [0.4, 0.5) is 4.39 Å². The maximum atomic E-state index is 13.1. The SMILES string of the molecule is C=C1CC2CCCC(F)C2O1. The van der Waals surface area contributed by atoms with E-state index >= 15 is 0 Å². The molecular weight excluding hydrogens is 143 g/mol. The summed E-state index contributed by atoms with van der Waals surface area (Å²) >= 11 is 0. The molecule has 1 aliphatic carbocycles. The fraction of sp³-hybridized carbons (Fsp3) is 0.778. The number of fused-ring (bicyclic) bond motifs is 1. The number of halogens is 1. The maximum absolute atomic E-state index is 13.1. The summed E-state index contributed by atoms with van der Waals surface area (Å²) < 4.78 is 18.5. The van der Waals surface area contributed by atoms with Crippen molar-refractivity contribution in [1.82, 2.24) is 0 Å². The van der Waals surface area contributed by atoms with Crippen molar-refractivity contribution in [3.05, 3.63) is 12.3 Å². The second-order valence-electron chi connectivity index (χ2n) is 3.53. The first-order chi connectivity index (χ1) is 5.27. The van der Waals surface area contributed by atoms with Crippen LogP contribution in [0.5, 0.6) is 0 Å². The number of allylic oxidation sites excluding steroid dienone is 1. The van der Waals surface area contributed by atoms with Crippen LogP contribution in [0.2, 0.25) is 0 Å². The molecule has 1 heterocycles. The Kier molecular flexibility index (Phi) is 1.63. The highest BCUT2D eigenvalue weighted by Gasteiger charge is 2.40. The van der Waals surface area contributed by atoms with E-state index in [-0.39, 0.29) is 6.10 Å². The largest absolute Gasteiger partial charge is 0.492 e. The third-order valence-electron chi connectivity index (χ3n) is 2.67. The molecule has 0 aromatic rings. The van der Waals surface area contributed by atoms with Gasteiger partial charge >= 0.3 is 0 Å². The fourth-order valence-corrected chi connectivity index (χ4v) is 2.12. The van der Waals surface area contributed by atoms with Gasteiger partial charge in [0, 0.05) is 12.3 Å². The van der Waals surface area contributed by atoms with Crippen molar-refractivity contribution in [2.24, 2.45) is 5.92 Å². The molecule has 0 N–H and O–H groups in total. The van der Waals surface area contributed by atoms with Gasteiger partial charge in [-0.2, -0.15) is 0 Å². The lowest BCUT2D eigenvalue weighted by Crippen LogP contribution is -2.31. The molecule has 2 heteroatoms. The molecule has 0 aromatic carbocycles. The van der Waals surface area contributed by atoms with Crippen molar-refractivity contribution in [1.29, 1.82) is 0 Å². The van der Waals surface area contributed by atoms with Gasteiger partial charge in [-0.15, -0.1) is 0 Å². The summed E-state index contributed by atoms with van der Waals surface area (Å²) in [6, 6.07) is 0. The lowest BCUT2D eigenvalue weighted by molar-refractivity contribution is 0.0224. The Labute approximate surface area is 66.2 Å². The Morgan fingerprint density at radius 2 is 2.27 bits per heavy atom. The molecule has 0 amide bonds. The molecule has 0 radical (unpaired) electrons. The van der Waals surface area contributed by atoms with Crippen LogP contribution < -0.4 is 0 Å². The van der Waals surface area contributed by atoms with Crippen LogP contribution in [-0.4, -0.2) is 12.3 Å². The molecule has 3 unspecified atom stereocenters. The highest BCUT2D eigenvalue weighted by atomic mass is 19.1. The van der Waals surface area contributed by atoms with E-state index in [2.05, 4.69) is 6.58 Å². The predicted molar refractivity (Wildman–Crippen MR) is 40.9 cm³/mol. The number of rotatable bonds is 0. The summed E-state index contributed by atoms with van der Waals surface area (Å²) in [7, 11) is 0. The van der Waals surface area contributed by atoms with Crippen molar-refractivity contribution in [2.75, 3.05) is 0 Å². The summed E-state index contributed by atoms with van der Waals surface area (Å²) in [4.78, 5) is 0. The van der Waals surface area contributed by atoms with E-state index < -0.39 is 6.17 Å². The van der Waals surface area contributed by atoms with Crippen LogP contribution in [0.3, 0.4) is 0 Å². The molecule has 0 bridgehead atoms. The maximum Gasteiger partial charge on any atom is 0.137 e. The van der Waals surface area contributed by atoms with E-state index in [1.54, 1.807) is 0 Å². The van der Waals surface area contributed by atoms with E-state index in [9.17, 15) is 4.39 Å². The molecule has 1 aliphatic heterocycles. The van der Waals surface area contributed by atoms with Gasteiger partial charge in [0.05, 0.1) is 5.76 Å². The monoisotopic (exact) mass is 156 g/mol. The third kappa shape index (κ3) is 1.15. The zero-order valence-electron chi connectivity index (χ0n) is 6.55. The summed E-state index contributed by atoms with van der Waals surface area (Å²) in [5.41, 5.74) is 0. The molecule has 3 atom stereocenters. The molecule has 0 aromatic heterocycles. The summed E-state index contributed by atoms with van der Waals surface area (Å²) in [6.45, 7) is 3.72. The summed E-state index contributed by atoms with van der Waals surface area (Å²) in [5, 5.41) is 0. The van der Waals surface area contributed by atoms with Gasteiger partial charge in [-0.25, -0.2) is 4.39 Å². The van der Waals surface area contributed by atoms with E-state index in [4.69, 9.17) is 4.74 Å². The van der Waals surface area contributed by atoms with Crippen molar-refractivity contribution >= 4 is 0 Å². The zero-order chi connectivity index (χ0) is 7.84. The summed E-state index contributed by atoms with van der Waals surface area (Å²) in [6.07, 6.45) is 2.78. The fourth-order valence-electron chi connectivity index (χ4n) is 2.12. The Morgan fingerprint density at radius 3 is 3.00 bits per heavy atom. The van der Waals surface area contributed by atoms with Crippen molar-refractivity contribution < 1.29 is 9.13 Å². The van der Waals surface area contributed by atoms with Crippen molar-refractivity contribution in [2.45, 2.75) is 38.0 Å². The average Bonchev–Trinajstić information content (AvgIpc) is 2.31. The zero-order valence-corrected chi connectivity index (χ0v) is 6.55. The lowest BCUT2D eigenvalue weighted by Gasteiger charge is -2.26. The highest BCUT2D eigenvalue weighted by molar-refractivity contribution is 5.00. The Hall–Kier alpha value is -0.530. The first-order valence-corrected chi connectivity index (χ1v) is 4.26. The van der Waals surface area contributed by atoms with Crippen LogP contribution >= 0.6 is 0 Å². The topological polar surface area (TPSA) is 9.23 Å². The molecule has 1 saturated heterocycles. The van der Waals surface area contributed by atoms with Crippen LogP contribution in [0.1, 0.15) is 25.7 Å². The molecular formula is C9H13FO. The molecule has 2 fully saturated rings. The van der Waals surface area contributed by atoms with E-state index in [0.29, 0.717) is 12.3 Å². The highest BCUT2D eigenvalue weighted by Crippen LogP contribution is 2.39. The van der Waals surface area contributed by atoms with Crippen molar-refractivity contribution in [3.63, 3.8) is 0 Å². The number of hydrogen-bond donors (Lipinski definition) is 0. The predicted octanol–water partition coefficient (Wildman–Crippen LogP) is 2.43. The van der Waals surface area contributed by atoms with Gasteiger partial charge in [0.25, 0.3) is 0 Å². The number of hydrogen-bond acceptors (Lipinski definition) is 1. The number of ether oxygens (including phenoxy) is 1. The summed E-state index contributed by atoms with van der Waals surface area (Å²) in [5.74, 6) is 1.20. The average molecular weight is 156 g/mol. The molecule has 2 aliphatic rings. The first-order valence-electron chi connectivity index (χ1n) is 4.26. The van der Waals surface area contributed by atoms with E-state index in [1.165, 1.54) is 0 Å². The second-order valence-corrected chi connectivity index (χ2v) is 3.53. The Bertz CT molecular complexity index is 178. The molecule has 62 valence electrons. The molecule has 1 nitrogen and oxygen atoms in total. The van der Waals surface area contributed by atoms with E-state index in [1.807, 2.05) is 0 Å². The standard InChI is InChI=1S/C9H13FO/c1-6-5-7-3-2-4-8(10)9(7)11-6/h7-9H,1-5H2. The lowest BCUT2D eigenvalue weighted by atomic mass is 9.85. The van der Waals surface area contributed by atoms with Crippen LogP contribution in [0.15, 0.2) is 12.3 Å². The number of alkyl halides is 1. The minimum atomic E-state index is -0.743. The van der Waals surface area contributed by atoms with Crippen molar-refractivity contribution in [3.8, 4) is 0 Å². The normalized spacial score (nSPS) is 43.4. The van der Waals surface area contributed by atoms with Gasteiger partial charge < -0.3 is 4.74 Å². The van der Waals surface area contributed by atoms with Gasteiger partial charge in [0.2, 0.25) is 0 Å². The minimum absolute atomic E-state index is 0.156. The Balaban J connectivity index is 2.09. The van der Waals surface area contributed by atoms with Gasteiger partial charge in [-0.05, 0) is 19.3 Å². The van der Waals surface area contributed by atoms with Gasteiger partial charge in [0.15, 0.2) is 0 Å². The minimum Gasteiger partial charge on any atom is -0.492 e. The van der Waals surface area contributed by atoms with Gasteiger partial charge in [-0.3, -0.25) is 0 Å². The van der Waals surface area contributed by atoms with Crippen LogP contribution in [0, 0.1) is 5.92 Å². The molecule has 11 heavy (non-hydrogen) atoms. The van der Waals surface area contributed by atoms with Gasteiger partial charge in [-0.1, -0.05) is 6.58 Å². The van der Waals surface area contributed by atoms with Crippen LogP contribution in [-0.2, 0) is 4.74 Å². The first kappa shape index (κ1) is 7.14. The second kappa shape index (κ2) is 2.50. The molecule has 2 rings (SSSR count). The molecule has 0 spiro atoms. The van der Waals surface area contributed by atoms with Crippen LogP contribution in [0.25, 0.3) is 0 Å². The third-order valence-corrected chi connectivity index (χ3v) is 2.67. The quantitative estimate of drug-likeness (QED) is 0.523.